The summed E-state index contributed by atoms with van der Waals surface area (Å²) in [6.07, 6.45) is 1.67. The number of hydrogen-bond donors (Lipinski definition) is 1. The minimum Gasteiger partial charge on any atom is -0.472 e. The molecule has 3 nitrogen and oxygen atoms in total. The third-order valence-corrected chi connectivity index (χ3v) is 1.50. The van der Waals surface area contributed by atoms with Crippen molar-refractivity contribution in [3.8, 4) is 11.8 Å². The van der Waals surface area contributed by atoms with E-state index in [-0.39, 0.29) is 0 Å². The Balaban J connectivity index is 3.05. The first-order chi connectivity index (χ1) is 6.09. The van der Waals surface area contributed by atoms with Gasteiger partial charge in [0.1, 0.15) is 5.69 Å². The molecule has 13 heavy (non-hydrogen) atoms. The van der Waals surface area contributed by atoms with Crippen molar-refractivity contribution >= 4 is 5.97 Å². The predicted octanol–water partition coefficient (Wildman–Crippen LogP) is 1.13. The van der Waals surface area contributed by atoms with E-state index in [0.717, 1.165) is 11.1 Å². The van der Waals surface area contributed by atoms with Crippen LogP contribution in [0, 0.1) is 25.7 Å². The average Bonchev–Trinajstić information content (AvgIpc) is 2.02. The molecule has 0 radical (unpaired) electrons. The maximum Gasteiger partial charge on any atom is 0.382 e. The number of aryl methyl sites for hydroxylation is 2. The van der Waals surface area contributed by atoms with Gasteiger partial charge in [0.05, 0.1) is 0 Å². The number of aromatic nitrogens is 1. The van der Waals surface area contributed by atoms with Gasteiger partial charge in [0, 0.05) is 12.1 Å². The highest BCUT2D eigenvalue weighted by atomic mass is 16.4. The Morgan fingerprint density at radius 1 is 1.54 bits per heavy atom. The number of carboxylic acid groups (broad SMARTS) is 1. The molecule has 0 unspecified atom stereocenters. The van der Waals surface area contributed by atoms with Crippen molar-refractivity contribution in [2.45, 2.75) is 13.8 Å². The third-order valence-electron chi connectivity index (χ3n) is 1.50. The van der Waals surface area contributed by atoms with Crippen LogP contribution < -0.4 is 0 Å². The van der Waals surface area contributed by atoms with E-state index >= 15 is 0 Å². The molecule has 0 aliphatic carbocycles. The van der Waals surface area contributed by atoms with E-state index in [0.29, 0.717) is 5.69 Å². The summed E-state index contributed by atoms with van der Waals surface area (Å²) in [7, 11) is 0. The normalized spacial score (nSPS) is 8.77. The van der Waals surface area contributed by atoms with Crippen LogP contribution in [0.1, 0.15) is 16.8 Å². The number of aliphatic carboxylic acids is 1. The second kappa shape index (κ2) is 3.72. The fourth-order valence-electron chi connectivity index (χ4n) is 0.959. The largest absolute Gasteiger partial charge is 0.472 e. The van der Waals surface area contributed by atoms with Gasteiger partial charge >= 0.3 is 5.97 Å². The maximum absolute atomic E-state index is 10.1. The lowest BCUT2D eigenvalue weighted by Crippen LogP contribution is -1.92. The second-order valence-electron chi connectivity index (χ2n) is 2.73. The topological polar surface area (TPSA) is 50.2 Å². The van der Waals surface area contributed by atoms with Crippen LogP contribution in [0.4, 0.5) is 0 Å². The Labute approximate surface area is 76.4 Å². The van der Waals surface area contributed by atoms with Crippen molar-refractivity contribution in [2.24, 2.45) is 0 Å². The fraction of sp³-hybridized carbons (Fsp3) is 0.200. The summed E-state index contributed by atoms with van der Waals surface area (Å²) in [5.74, 6) is 3.37. The molecule has 0 aliphatic rings. The summed E-state index contributed by atoms with van der Waals surface area (Å²) in [4.78, 5) is 14.2. The molecule has 1 heterocycles. The predicted molar refractivity (Wildman–Crippen MR) is 48.2 cm³/mol. The van der Waals surface area contributed by atoms with E-state index in [1.165, 1.54) is 0 Å². The number of carboxylic acids is 1. The zero-order chi connectivity index (χ0) is 9.84. The Morgan fingerprint density at radius 2 is 2.23 bits per heavy atom. The average molecular weight is 175 g/mol. The monoisotopic (exact) mass is 175 g/mol. The van der Waals surface area contributed by atoms with Crippen molar-refractivity contribution < 1.29 is 9.90 Å². The van der Waals surface area contributed by atoms with Crippen molar-refractivity contribution in [1.82, 2.24) is 4.98 Å². The second-order valence-corrected chi connectivity index (χ2v) is 2.73. The lowest BCUT2D eigenvalue weighted by Gasteiger charge is -1.97. The van der Waals surface area contributed by atoms with Gasteiger partial charge in [-0.2, -0.15) is 0 Å². The molecule has 1 aromatic heterocycles. The molecule has 0 aromatic carbocycles. The van der Waals surface area contributed by atoms with E-state index in [9.17, 15) is 4.79 Å². The Kier molecular flexibility index (Phi) is 2.65. The summed E-state index contributed by atoms with van der Waals surface area (Å²) in [5.41, 5.74) is 2.46. The molecule has 0 bridgehead atoms. The molecule has 0 saturated carbocycles. The van der Waals surface area contributed by atoms with E-state index in [2.05, 4.69) is 10.9 Å². The van der Waals surface area contributed by atoms with Crippen molar-refractivity contribution in [2.75, 3.05) is 0 Å². The number of rotatable bonds is 0. The van der Waals surface area contributed by atoms with Gasteiger partial charge < -0.3 is 5.11 Å². The van der Waals surface area contributed by atoms with Crippen molar-refractivity contribution in [1.29, 1.82) is 0 Å². The molecular weight excluding hydrogens is 166 g/mol. The van der Waals surface area contributed by atoms with Crippen LogP contribution in [0.15, 0.2) is 12.3 Å². The van der Waals surface area contributed by atoms with E-state index in [1.807, 2.05) is 25.8 Å². The SMILES string of the molecule is Cc1cnc(C#CC(=O)O)c(C)c1. The maximum atomic E-state index is 10.1. The first-order valence-electron chi connectivity index (χ1n) is 3.78. The summed E-state index contributed by atoms with van der Waals surface area (Å²) < 4.78 is 0. The van der Waals surface area contributed by atoms with Crippen molar-refractivity contribution in [3.05, 3.63) is 29.1 Å². The molecule has 0 saturated heterocycles. The first kappa shape index (κ1) is 9.27. The van der Waals surface area contributed by atoms with Crippen LogP contribution in [0.2, 0.25) is 0 Å². The van der Waals surface area contributed by atoms with Crippen LogP contribution >= 0.6 is 0 Å². The summed E-state index contributed by atoms with van der Waals surface area (Å²) in [5, 5.41) is 8.32. The summed E-state index contributed by atoms with van der Waals surface area (Å²) in [6.45, 7) is 3.78. The van der Waals surface area contributed by atoms with E-state index < -0.39 is 5.97 Å². The van der Waals surface area contributed by atoms with Gasteiger partial charge in [0.2, 0.25) is 0 Å². The quantitative estimate of drug-likeness (QED) is 0.601. The smallest absolute Gasteiger partial charge is 0.382 e. The lowest BCUT2D eigenvalue weighted by atomic mass is 10.2. The first-order valence-corrected chi connectivity index (χ1v) is 3.78. The van der Waals surface area contributed by atoms with Gasteiger partial charge in [-0.15, -0.1) is 0 Å². The van der Waals surface area contributed by atoms with Gasteiger partial charge in [0.15, 0.2) is 0 Å². The molecule has 0 amide bonds. The zero-order valence-corrected chi connectivity index (χ0v) is 7.46. The zero-order valence-electron chi connectivity index (χ0n) is 7.46. The molecule has 1 aromatic rings. The number of carbonyl (C=O) groups is 1. The van der Waals surface area contributed by atoms with Gasteiger partial charge in [-0.3, -0.25) is 0 Å². The third kappa shape index (κ3) is 2.60. The van der Waals surface area contributed by atoms with Gasteiger partial charge in [0.25, 0.3) is 0 Å². The summed E-state index contributed by atoms with van der Waals surface area (Å²) >= 11 is 0. The van der Waals surface area contributed by atoms with Gasteiger partial charge in [-0.1, -0.05) is 6.07 Å². The molecule has 1 N–H and O–H groups in total. The highest BCUT2D eigenvalue weighted by Crippen LogP contribution is 2.04. The number of pyridine rings is 1. The molecule has 66 valence electrons. The Morgan fingerprint density at radius 3 is 2.77 bits per heavy atom. The fourth-order valence-corrected chi connectivity index (χ4v) is 0.959. The Hall–Kier alpha value is -1.82. The molecule has 1 rings (SSSR count). The standard InChI is InChI=1S/C10H9NO2/c1-7-5-8(2)9(11-6-7)3-4-10(12)13/h5-6H,1-2H3,(H,12,13). The van der Waals surface area contributed by atoms with Crippen LogP contribution in [0.25, 0.3) is 0 Å². The molecule has 0 atom stereocenters. The van der Waals surface area contributed by atoms with E-state index in [4.69, 9.17) is 5.11 Å². The number of hydrogen-bond acceptors (Lipinski definition) is 2. The minimum atomic E-state index is -1.14. The van der Waals surface area contributed by atoms with E-state index in [1.54, 1.807) is 6.20 Å². The molecule has 0 fully saturated rings. The van der Waals surface area contributed by atoms with Crippen LogP contribution in [0.3, 0.4) is 0 Å². The number of nitrogens with zero attached hydrogens (tertiary/aromatic N) is 1. The van der Waals surface area contributed by atoms with Crippen molar-refractivity contribution in [3.63, 3.8) is 0 Å². The van der Waals surface area contributed by atoms with Crippen LogP contribution in [-0.2, 0) is 4.79 Å². The van der Waals surface area contributed by atoms with Crippen LogP contribution in [0.5, 0.6) is 0 Å². The highest BCUT2D eigenvalue weighted by molar-refractivity contribution is 5.87. The Bertz CT molecular complexity index is 399. The van der Waals surface area contributed by atoms with Gasteiger partial charge in [-0.05, 0) is 30.9 Å². The van der Waals surface area contributed by atoms with Crippen LogP contribution in [-0.4, -0.2) is 16.1 Å². The minimum absolute atomic E-state index is 0.521. The summed E-state index contributed by atoms with van der Waals surface area (Å²) in [6, 6.07) is 1.92. The molecule has 3 heteroatoms. The molecule has 0 aliphatic heterocycles. The lowest BCUT2D eigenvalue weighted by molar-refractivity contribution is -0.130. The van der Waals surface area contributed by atoms with Gasteiger partial charge in [-0.25, -0.2) is 9.78 Å². The highest BCUT2D eigenvalue weighted by Gasteiger charge is 1.96. The molecule has 0 spiro atoms. The molecular formula is C10H9NO2.